The van der Waals surface area contributed by atoms with Crippen LogP contribution in [0.1, 0.15) is 20.7 Å². The summed E-state index contributed by atoms with van der Waals surface area (Å²) in [6, 6.07) is 12.5. The first-order valence-corrected chi connectivity index (χ1v) is 7.80. The minimum atomic E-state index is -0.814. The van der Waals surface area contributed by atoms with Crippen LogP contribution < -0.4 is 16.5 Å². The first-order chi connectivity index (χ1) is 12.0. The van der Waals surface area contributed by atoms with Crippen LogP contribution in [0.3, 0.4) is 0 Å². The second-order valence-electron chi connectivity index (χ2n) is 5.02. The van der Waals surface area contributed by atoms with Crippen molar-refractivity contribution in [2.75, 3.05) is 0 Å². The molecule has 2 amide bonds. The molecule has 0 unspecified atom stereocenters. The number of para-hydroxylation sites is 1. The third-order valence-electron chi connectivity index (χ3n) is 3.35. The maximum absolute atomic E-state index is 12.2. The highest BCUT2D eigenvalue weighted by atomic mass is 35.5. The lowest BCUT2D eigenvalue weighted by molar-refractivity contribution is 0.0844. The summed E-state index contributed by atoms with van der Waals surface area (Å²) in [6.07, 6.45) is 0. The Labute approximate surface area is 151 Å². The molecule has 0 radical (unpaired) electrons. The molecule has 0 saturated heterocycles. The monoisotopic (exact) mass is 376 g/mol. The number of halogens is 2. The molecule has 25 heavy (non-hydrogen) atoms. The van der Waals surface area contributed by atoms with E-state index >= 15 is 0 Å². The van der Waals surface area contributed by atoms with Crippen molar-refractivity contribution in [2.24, 2.45) is 0 Å². The lowest BCUT2D eigenvalue weighted by Gasteiger charge is -2.08. The third-order valence-corrected chi connectivity index (χ3v) is 3.91. The number of amides is 2. The molecule has 0 aliphatic rings. The molecule has 0 fully saturated rings. The van der Waals surface area contributed by atoms with Crippen LogP contribution >= 0.6 is 23.2 Å². The molecular formula is C17H10Cl2N2O4. The van der Waals surface area contributed by atoms with Crippen LogP contribution in [0.4, 0.5) is 0 Å². The molecule has 0 aliphatic carbocycles. The number of carbonyl (C=O) groups excluding carboxylic acids is 2. The van der Waals surface area contributed by atoms with E-state index in [0.29, 0.717) is 16.0 Å². The molecule has 2 aromatic carbocycles. The maximum Gasteiger partial charge on any atom is 0.349 e. The maximum atomic E-state index is 12.2. The van der Waals surface area contributed by atoms with E-state index in [1.807, 2.05) is 0 Å². The summed E-state index contributed by atoms with van der Waals surface area (Å²) in [5, 5.41) is 1.06. The van der Waals surface area contributed by atoms with Crippen molar-refractivity contribution in [3.8, 4) is 0 Å². The molecule has 0 saturated carbocycles. The molecule has 3 aromatic rings. The first-order valence-electron chi connectivity index (χ1n) is 7.04. The summed E-state index contributed by atoms with van der Waals surface area (Å²) in [5.74, 6) is -1.49. The van der Waals surface area contributed by atoms with Crippen LogP contribution in [-0.4, -0.2) is 11.8 Å². The second kappa shape index (κ2) is 6.96. The van der Waals surface area contributed by atoms with E-state index in [9.17, 15) is 14.4 Å². The van der Waals surface area contributed by atoms with Gasteiger partial charge in [0.15, 0.2) is 0 Å². The fourth-order valence-electron chi connectivity index (χ4n) is 2.14. The van der Waals surface area contributed by atoms with Crippen LogP contribution in [0, 0.1) is 0 Å². The standard InChI is InChI=1S/C17H10Cl2N2O4/c18-10-5-6-13(19)11(8-10)15(22)20-21-16(23)12-7-9-3-1-2-4-14(9)25-17(12)24/h1-8H,(H,20,22)(H,21,23). The Hall–Kier alpha value is -2.83. The van der Waals surface area contributed by atoms with Crippen molar-refractivity contribution in [2.45, 2.75) is 0 Å². The highest BCUT2D eigenvalue weighted by Crippen LogP contribution is 2.20. The number of nitrogens with one attached hydrogen (secondary N) is 2. The van der Waals surface area contributed by atoms with E-state index in [0.717, 1.165) is 0 Å². The number of fused-ring (bicyclic) bond motifs is 1. The first kappa shape index (κ1) is 17.0. The largest absolute Gasteiger partial charge is 0.422 e. The van der Waals surface area contributed by atoms with Crippen molar-refractivity contribution in [1.82, 2.24) is 10.9 Å². The van der Waals surface area contributed by atoms with Gasteiger partial charge in [0.05, 0.1) is 10.6 Å². The number of rotatable bonds is 2. The zero-order chi connectivity index (χ0) is 18.0. The van der Waals surface area contributed by atoms with Crippen LogP contribution in [0.25, 0.3) is 11.0 Å². The van der Waals surface area contributed by atoms with E-state index < -0.39 is 17.4 Å². The molecule has 126 valence electrons. The molecule has 6 nitrogen and oxygen atoms in total. The highest BCUT2D eigenvalue weighted by molar-refractivity contribution is 6.35. The molecule has 0 atom stereocenters. The smallest absolute Gasteiger partial charge is 0.349 e. The molecule has 2 N–H and O–H groups in total. The summed E-state index contributed by atoms with van der Waals surface area (Å²) >= 11 is 11.7. The number of hydrogen-bond acceptors (Lipinski definition) is 4. The molecule has 1 aromatic heterocycles. The SMILES string of the molecule is O=C(NNC(=O)c1cc2ccccc2oc1=O)c1cc(Cl)ccc1Cl. The van der Waals surface area contributed by atoms with E-state index in [4.69, 9.17) is 27.6 Å². The second-order valence-corrected chi connectivity index (χ2v) is 5.86. The lowest BCUT2D eigenvalue weighted by atomic mass is 10.2. The van der Waals surface area contributed by atoms with Crippen LogP contribution in [0.5, 0.6) is 0 Å². The fourth-order valence-corrected chi connectivity index (χ4v) is 2.52. The molecule has 1 heterocycles. The molecule has 0 bridgehead atoms. The van der Waals surface area contributed by atoms with Crippen LogP contribution in [-0.2, 0) is 0 Å². The van der Waals surface area contributed by atoms with E-state index in [2.05, 4.69) is 10.9 Å². The van der Waals surface area contributed by atoms with Gasteiger partial charge in [0.25, 0.3) is 11.8 Å². The van der Waals surface area contributed by atoms with Gasteiger partial charge in [0.1, 0.15) is 11.1 Å². The van der Waals surface area contributed by atoms with Crippen LogP contribution in [0.2, 0.25) is 10.0 Å². The van der Waals surface area contributed by atoms with Gasteiger partial charge in [0, 0.05) is 10.4 Å². The number of hydrazine groups is 1. The fraction of sp³-hybridized carbons (Fsp3) is 0. The van der Waals surface area contributed by atoms with Gasteiger partial charge in [-0.05, 0) is 30.3 Å². The zero-order valence-corrected chi connectivity index (χ0v) is 14.0. The average molecular weight is 377 g/mol. The lowest BCUT2D eigenvalue weighted by Crippen LogP contribution is -2.43. The molecule has 0 spiro atoms. The Kier molecular flexibility index (Phi) is 4.74. The van der Waals surface area contributed by atoms with Gasteiger partial charge in [-0.3, -0.25) is 20.4 Å². The van der Waals surface area contributed by atoms with Gasteiger partial charge in [-0.1, -0.05) is 41.4 Å². The van der Waals surface area contributed by atoms with Gasteiger partial charge >= 0.3 is 5.63 Å². The minimum absolute atomic E-state index is 0.0833. The minimum Gasteiger partial charge on any atom is -0.422 e. The average Bonchev–Trinajstić information content (AvgIpc) is 2.60. The summed E-state index contributed by atoms with van der Waals surface area (Å²) < 4.78 is 5.07. The molecule has 3 rings (SSSR count). The van der Waals surface area contributed by atoms with Gasteiger partial charge in [-0.2, -0.15) is 0 Å². The number of carbonyl (C=O) groups is 2. The van der Waals surface area contributed by atoms with E-state index in [1.165, 1.54) is 24.3 Å². The summed E-state index contributed by atoms with van der Waals surface area (Å²) in [6.45, 7) is 0. The Morgan fingerprint density at radius 1 is 0.880 bits per heavy atom. The Bertz CT molecular complexity index is 1050. The Morgan fingerprint density at radius 3 is 2.32 bits per heavy atom. The quantitative estimate of drug-likeness (QED) is 0.530. The summed E-state index contributed by atoms with van der Waals surface area (Å²) in [7, 11) is 0. The zero-order valence-electron chi connectivity index (χ0n) is 12.5. The Morgan fingerprint density at radius 2 is 1.56 bits per heavy atom. The highest BCUT2D eigenvalue weighted by Gasteiger charge is 2.16. The van der Waals surface area contributed by atoms with Crippen molar-refractivity contribution in [3.63, 3.8) is 0 Å². The predicted octanol–water partition coefficient (Wildman–Crippen LogP) is 3.17. The van der Waals surface area contributed by atoms with Gasteiger partial charge in [-0.15, -0.1) is 0 Å². The van der Waals surface area contributed by atoms with E-state index in [-0.39, 0.29) is 16.1 Å². The molecule has 8 heteroatoms. The van der Waals surface area contributed by atoms with Crippen molar-refractivity contribution < 1.29 is 14.0 Å². The summed E-state index contributed by atoms with van der Waals surface area (Å²) in [4.78, 5) is 36.1. The van der Waals surface area contributed by atoms with Gasteiger partial charge in [0.2, 0.25) is 0 Å². The normalized spacial score (nSPS) is 10.5. The number of benzene rings is 2. The van der Waals surface area contributed by atoms with Crippen LogP contribution in [0.15, 0.2) is 57.7 Å². The van der Waals surface area contributed by atoms with Gasteiger partial charge < -0.3 is 4.42 Å². The third kappa shape index (κ3) is 3.65. The predicted molar refractivity (Wildman–Crippen MR) is 93.9 cm³/mol. The summed E-state index contributed by atoms with van der Waals surface area (Å²) in [5.41, 5.74) is 3.72. The molecular weight excluding hydrogens is 367 g/mol. The van der Waals surface area contributed by atoms with Gasteiger partial charge in [-0.25, -0.2) is 4.79 Å². The van der Waals surface area contributed by atoms with Crippen molar-refractivity contribution in [3.05, 3.63) is 80.1 Å². The number of hydrogen-bond donors (Lipinski definition) is 2. The van der Waals surface area contributed by atoms with Crippen molar-refractivity contribution in [1.29, 1.82) is 0 Å². The topological polar surface area (TPSA) is 88.4 Å². The van der Waals surface area contributed by atoms with Crippen molar-refractivity contribution >= 4 is 46.0 Å². The molecule has 0 aliphatic heterocycles. The Balaban J connectivity index is 1.79. The van der Waals surface area contributed by atoms with E-state index in [1.54, 1.807) is 24.3 Å².